The molecule has 3 nitrogen and oxygen atoms in total. The summed E-state index contributed by atoms with van der Waals surface area (Å²) in [5.41, 5.74) is 6.31. The molecule has 2 fully saturated rings. The summed E-state index contributed by atoms with van der Waals surface area (Å²) in [6, 6.07) is 9.05. The first kappa shape index (κ1) is 18.2. The van der Waals surface area contributed by atoms with Crippen LogP contribution in [-0.4, -0.2) is 49.3 Å². The van der Waals surface area contributed by atoms with Crippen molar-refractivity contribution in [2.45, 2.75) is 50.2 Å². The second-order valence-electron chi connectivity index (χ2n) is 8.03. The van der Waals surface area contributed by atoms with E-state index in [9.17, 15) is 4.39 Å². The molecule has 5 heteroatoms. The lowest BCUT2D eigenvalue weighted by Crippen LogP contribution is -2.39. The molecule has 1 aromatic heterocycles. The fraction of sp³-hybridized carbons (Fsp3) is 0.619. The van der Waals surface area contributed by atoms with Crippen molar-refractivity contribution in [3.8, 4) is 0 Å². The van der Waals surface area contributed by atoms with Gasteiger partial charge in [0.15, 0.2) is 0 Å². The van der Waals surface area contributed by atoms with E-state index >= 15 is 0 Å². The largest absolute Gasteiger partial charge is 0.370 e. The highest BCUT2D eigenvalue weighted by molar-refractivity contribution is 7.17. The Kier molecular flexibility index (Phi) is 5.48. The molecule has 26 heavy (non-hydrogen) atoms. The van der Waals surface area contributed by atoms with E-state index in [0.717, 1.165) is 52.0 Å². The number of halogens is 1. The molecule has 4 rings (SSSR count). The van der Waals surface area contributed by atoms with Gasteiger partial charge in [-0.2, -0.15) is 0 Å². The van der Waals surface area contributed by atoms with Gasteiger partial charge in [-0.15, -0.1) is 11.3 Å². The van der Waals surface area contributed by atoms with E-state index in [4.69, 9.17) is 5.73 Å². The predicted molar refractivity (Wildman–Crippen MR) is 110 cm³/mol. The molecule has 1 saturated heterocycles. The van der Waals surface area contributed by atoms with Crippen LogP contribution in [0.25, 0.3) is 10.1 Å². The summed E-state index contributed by atoms with van der Waals surface area (Å²) in [6.45, 7) is 5.09. The Morgan fingerprint density at radius 2 is 1.96 bits per heavy atom. The first-order valence-electron chi connectivity index (χ1n) is 10.0. The number of nitrogens with zero attached hydrogens (tertiary/aromatic N) is 2. The van der Waals surface area contributed by atoms with Crippen molar-refractivity contribution in [3.05, 3.63) is 29.6 Å². The summed E-state index contributed by atoms with van der Waals surface area (Å²) in [5.74, 6) is 0. The maximum atomic E-state index is 15.0. The summed E-state index contributed by atoms with van der Waals surface area (Å²) in [6.07, 6.45) is 4.79. The zero-order valence-corrected chi connectivity index (χ0v) is 16.3. The Morgan fingerprint density at radius 3 is 2.81 bits per heavy atom. The van der Waals surface area contributed by atoms with Gasteiger partial charge in [0.1, 0.15) is 5.67 Å². The molecule has 2 aliphatic rings. The average molecular weight is 376 g/mol. The molecule has 1 aromatic carbocycles. The number of hydrogen-bond acceptors (Lipinski definition) is 4. The van der Waals surface area contributed by atoms with Crippen LogP contribution in [-0.2, 0) is 0 Å². The number of thiophene rings is 1. The van der Waals surface area contributed by atoms with Crippen molar-refractivity contribution in [1.29, 1.82) is 0 Å². The standard InChI is InChI=1S/C21H30FN3S/c22-21(8-5-17(23)6-9-21)10-13-24-11-2-12-25(15-14-24)19-3-1-4-20-18(19)7-16-26-20/h1,3-4,7,16-17H,2,5-6,8-15,23H2. The van der Waals surface area contributed by atoms with Gasteiger partial charge in [-0.3, -0.25) is 0 Å². The van der Waals surface area contributed by atoms with E-state index in [-0.39, 0.29) is 6.04 Å². The Hall–Kier alpha value is -1.17. The molecular weight excluding hydrogens is 345 g/mol. The first-order chi connectivity index (χ1) is 12.6. The molecule has 1 aliphatic carbocycles. The molecule has 0 atom stereocenters. The molecule has 0 spiro atoms. The van der Waals surface area contributed by atoms with Crippen LogP contribution < -0.4 is 10.6 Å². The fourth-order valence-corrected chi connectivity index (χ4v) is 5.26. The Morgan fingerprint density at radius 1 is 1.12 bits per heavy atom. The van der Waals surface area contributed by atoms with Gasteiger partial charge in [0.05, 0.1) is 0 Å². The molecule has 2 heterocycles. The number of anilines is 1. The van der Waals surface area contributed by atoms with Gasteiger partial charge in [-0.05, 0) is 68.6 Å². The zero-order chi connectivity index (χ0) is 18.0. The second-order valence-corrected chi connectivity index (χ2v) is 8.98. The van der Waals surface area contributed by atoms with Crippen LogP contribution in [0.4, 0.5) is 10.1 Å². The SMILES string of the molecule is NC1CCC(F)(CCN2CCCN(c3cccc4sccc34)CC2)CC1. The lowest BCUT2D eigenvalue weighted by Gasteiger charge is -2.34. The van der Waals surface area contributed by atoms with Gasteiger partial charge in [0.25, 0.3) is 0 Å². The van der Waals surface area contributed by atoms with Crippen LogP contribution in [0, 0.1) is 0 Å². The Labute approximate surface area is 160 Å². The third kappa shape index (κ3) is 4.05. The fourth-order valence-electron chi connectivity index (χ4n) is 4.46. The number of nitrogens with two attached hydrogens (primary N) is 1. The van der Waals surface area contributed by atoms with Crippen molar-refractivity contribution in [2.75, 3.05) is 37.6 Å². The maximum absolute atomic E-state index is 15.0. The highest BCUT2D eigenvalue weighted by Crippen LogP contribution is 2.35. The molecule has 2 aromatic rings. The van der Waals surface area contributed by atoms with Crippen LogP contribution in [0.15, 0.2) is 29.6 Å². The summed E-state index contributed by atoms with van der Waals surface area (Å²) >= 11 is 1.81. The monoisotopic (exact) mass is 375 g/mol. The Bertz CT molecular complexity index is 723. The highest BCUT2D eigenvalue weighted by atomic mass is 32.1. The van der Waals surface area contributed by atoms with Gasteiger partial charge < -0.3 is 15.5 Å². The molecule has 142 valence electrons. The minimum absolute atomic E-state index is 0.213. The van der Waals surface area contributed by atoms with Crippen molar-refractivity contribution in [1.82, 2.24) is 4.90 Å². The highest BCUT2D eigenvalue weighted by Gasteiger charge is 2.34. The molecule has 2 N–H and O–H groups in total. The van der Waals surface area contributed by atoms with Crippen LogP contribution in [0.3, 0.4) is 0 Å². The lowest BCUT2D eigenvalue weighted by molar-refractivity contribution is 0.0747. The van der Waals surface area contributed by atoms with E-state index in [1.54, 1.807) is 0 Å². The topological polar surface area (TPSA) is 32.5 Å². The third-order valence-corrected chi connectivity index (χ3v) is 7.09. The molecule has 0 radical (unpaired) electrons. The van der Waals surface area contributed by atoms with E-state index < -0.39 is 5.67 Å². The molecule has 0 unspecified atom stereocenters. The molecule has 0 amide bonds. The van der Waals surface area contributed by atoms with Gasteiger partial charge >= 0.3 is 0 Å². The smallest absolute Gasteiger partial charge is 0.112 e. The summed E-state index contributed by atoms with van der Waals surface area (Å²) < 4.78 is 16.4. The van der Waals surface area contributed by atoms with Crippen LogP contribution in [0.1, 0.15) is 38.5 Å². The van der Waals surface area contributed by atoms with Crippen molar-refractivity contribution >= 4 is 27.1 Å². The zero-order valence-electron chi connectivity index (χ0n) is 15.5. The summed E-state index contributed by atoms with van der Waals surface area (Å²) in [7, 11) is 0. The van der Waals surface area contributed by atoms with Gasteiger partial charge in [0, 0.05) is 48.0 Å². The van der Waals surface area contributed by atoms with Crippen LogP contribution in [0.2, 0.25) is 0 Å². The van der Waals surface area contributed by atoms with Crippen LogP contribution in [0.5, 0.6) is 0 Å². The lowest BCUT2D eigenvalue weighted by atomic mass is 9.82. The number of hydrogen-bond donors (Lipinski definition) is 1. The van der Waals surface area contributed by atoms with E-state index in [0.29, 0.717) is 19.3 Å². The molecular formula is C21H30FN3S. The number of fused-ring (bicyclic) bond motifs is 1. The van der Waals surface area contributed by atoms with E-state index in [1.807, 2.05) is 11.3 Å². The minimum Gasteiger partial charge on any atom is -0.370 e. The van der Waals surface area contributed by atoms with Crippen molar-refractivity contribution < 1.29 is 4.39 Å². The number of rotatable bonds is 4. The normalized spacial score (nSPS) is 28.4. The Balaban J connectivity index is 1.34. The molecule has 1 saturated carbocycles. The van der Waals surface area contributed by atoms with Gasteiger partial charge in [0.2, 0.25) is 0 Å². The van der Waals surface area contributed by atoms with E-state index in [1.165, 1.54) is 15.8 Å². The van der Waals surface area contributed by atoms with Crippen LogP contribution >= 0.6 is 11.3 Å². The van der Waals surface area contributed by atoms with Gasteiger partial charge in [-0.25, -0.2) is 4.39 Å². The maximum Gasteiger partial charge on any atom is 0.112 e. The summed E-state index contributed by atoms with van der Waals surface area (Å²) in [4.78, 5) is 4.98. The summed E-state index contributed by atoms with van der Waals surface area (Å²) in [5, 5.41) is 3.54. The number of alkyl halides is 1. The predicted octanol–water partition coefficient (Wildman–Crippen LogP) is 4.41. The van der Waals surface area contributed by atoms with Crippen molar-refractivity contribution in [3.63, 3.8) is 0 Å². The molecule has 1 aliphatic heterocycles. The van der Waals surface area contributed by atoms with Gasteiger partial charge in [-0.1, -0.05) is 6.07 Å². The average Bonchev–Trinajstić information content (AvgIpc) is 3.01. The number of benzene rings is 1. The van der Waals surface area contributed by atoms with E-state index in [2.05, 4.69) is 39.4 Å². The molecule has 0 bridgehead atoms. The first-order valence-corrected chi connectivity index (χ1v) is 10.9. The second kappa shape index (κ2) is 7.83. The third-order valence-electron chi connectivity index (χ3n) is 6.20. The minimum atomic E-state index is -0.982. The quantitative estimate of drug-likeness (QED) is 0.859. The van der Waals surface area contributed by atoms with Crippen molar-refractivity contribution in [2.24, 2.45) is 5.73 Å².